The van der Waals surface area contributed by atoms with Crippen molar-refractivity contribution in [3.05, 3.63) is 94.5 Å². The number of halogens is 1. The van der Waals surface area contributed by atoms with Gasteiger partial charge in [0.25, 0.3) is 5.91 Å². The van der Waals surface area contributed by atoms with Gasteiger partial charge < -0.3 is 18.9 Å². The number of hydrogen-bond acceptors (Lipinski definition) is 6. The maximum atomic E-state index is 12.6. The second-order valence-corrected chi connectivity index (χ2v) is 8.40. The van der Waals surface area contributed by atoms with Crippen LogP contribution in [0.1, 0.15) is 28.4 Å². The van der Waals surface area contributed by atoms with E-state index in [4.69, 9.17) is 30.5 Å². The van der Waals surface area contributed by atoms with Crippen LogP contribution in [0.3, 0.4) is 0 Å². The topological polar surface area (TPSA) is 78.4 Å². The molecule has 0 aliphatic heterocycles. The molecule has 0 saturated heterocycles. The first-order chi connectivity index (χ1) is 18.0. The minimum Gasteiger partial charge on any atom is -0.497 e. The number of carbonyl (C=O) groups excluding carboxylic acids is 1. The van der Waals surface area contributed by atoms with E-state index in [0.29, 0.717) is 52.4 Å². The van der Waals surface area contributed by atoms with E-state index in [1.165, 1.54) is 20.4 Å². The highest BCUT2D eigenvalue weighted by molar-refractivity contribution is 6.32. The van der Waals surface area contributed by atoms with Crippen LogP contribution in [0.2, 0.25) is 5.02 Å². The molecule has 0 aliphatic carbocycles. The average molecular weight is 519 g/mol. The Morgan fingerprint density at radius 1 is 0.946 bits per heavy atom. The Labute approximate surface area is 220 Å². The summed E-state index contributed by atoms with van der Waals surface area (Å²) in [6.07, 6.45) is 1.48. The molecule has 4 aromatic carbocycles. The van der Waals surface area contributed by atoms with E-state index in [1.54, 1.807) is 30.3 Å². The predicted molar refractivity (Wildman–Crippen MR) is 146 cm³/mol. The van der Waals surface area contributed by atoms with E-state index < -0.39 is 5.91 Å². The minimum atomic E-state index is -0.417. The third-order valence-electron chi connectivity index (χ3n) is 5.58. The molecule has 0 spiro atoms. The van der Waals surface area contributed by atoms with Gasteiger partial charge in [-0.2, -0.15) is 5.10 Å². The highest BCUT2D eigenvalue weighted by atomic mass is 35.5. The van der Waals surface area contributed by atoms with Crippen LogP contribution in [0.4, 0.5) is 0 Å². The molecular formula is C29H27ClN2O5. The van der Waals surface area contributed by atoms with Gasteiger partial charge in [-0.1, -0.05) is 54.1 Å². The molecule has 1 N–H and O–H groups in total. The van der Waals surface area contributed by atoms with Crippen molar-refractivity contribution in [3.8, 4) is 23.0 Å². The number of amides is 1. The van der Waals surface area contributed by atoms with Crippen molar-refractivity contribution in [2.45, 2.75) is 13.5 Å². The van der Waals surface area contributed by atoms with E-state index in [2.05, 4.69) is 28.7 Å². The molecule has 4 aromatic rings. The van der Waals surface area contributed by atoms with E-state index >= 15 is 0 Å². The van der Waals surface area contributed by atoms with E-state index in [-0.39, 0.29) is 0 Å². The average Bonchev–Trinajstić information content (AvgIpc) is 2.92. The largest absolute Gasteiger partial charge is 0.497 e. The minimum absolute atomic E-state index is 0.328. The predicted octanol–water partition coefficient (Wildman–Crippen LogP) is 6.25. The van der Waals surface area contributed by atoms with Gasteiger partial charge in [0.15, 0.2) is 11.5 Å². The molecule has 37 heavy (non-hydrogen) atoms. The zero-order chi connectivity index (χ0) is 26.2. The van der Waals surface area contributed by atoms with Gasteiger partial charge in [0.2, 0.25) is 0 Å². The molecule has 0 aromatic heterocycles. The van der Waals surface area contributed by atoms with Gasteiger partial charge in [0.05, 0.1) is 32.1 Å². The summed E-state index contributed by atoms with van der Waals surface area (Å²) < 4.78 is 22.3. The Kier molecular flexibility index (Phi) is 8.48. The number of methoxy groups -OCH3 is 2. The molecule has 0 heterocycles. The van der Waals surface area contributed by atoms with Crippen LogP contribution in [-0.4, -0.2) is 32.9 Å². The van der Waals surface area contributed by atoms with Crippen LogP contribution in [-0.2, 0) is 6.61 Å². The number of fused-ring (bicyclic) bond motifs is 1. The second kappa shape index (κ2) is 12.1. The van der Waals surface area contributed by atoms with Gasteiger partial charge in [-0.15, -0.1) is 0 Å². The molecule has 8 heteroatoms. The quantitative estimate of drug-likeness (QED) is 0.198. The van der Waals surface area contributed by atoms with Crippen LogP contribution in [0.15, 0.2) is 77.9 Å². The van der Waals surface area contributed by atoms with E-state index in [0.717, 1.165) is 16.3 Å². The summed E-state index contributed by atoms with van der Waals surface area (Å²) in [5.41, 5.74) is 4.52. The van der Waals surface area contributed by atoms with Crippen molar-refractivity contribution < 1.29 is 23.7 Å². The van der Waals surface area contributed by atoms with Crippen LogP contribution in [0, 0.1) is 0 Å². The van der Waals surface area contributed by atoms with Crippen molar-refractivity contribution in [2.75, 3.05) is 20.8 Å². The lowest BCUT2D eigenvalue weighted by Gasteiger charge is -2.15. The molecule has 7 nitrogen and oxygen atoms in total. The van der Waals surface area contributed by atoms with Crippen LogP contribution in [0.25, 0.3) is 10.8 Å². The molecule has 1 amide bonds. The van der Waals surface area contributed by atoms with Crippen LogP contribution in [0.5, 0.6) is 23.0 Å². The zero-order valence-electron chi connectivity index (χ0n) is 20.8. The van der Waals surface area contributed by atoms with Crippen molar-refractivity contribution >= 4 is 34.5 Å². The Balaban J connectivity index is 1.50. The van der Waals surface area contributed by atoms with Gasteiger partial charge in [0, 0.05) is 11.6 Å². The molecule has 0 bridgehead atoms. The number of carbonyl (C=O) groups is 1. The molecule has 0 fully saturated rings. The SMILES string of the molecule is CCOc1cc(/C=N\NC(=O)c2cc(OC)cc(OC)c2)cc(Cl)c1OCc1cccc2ccccc12. The monoisotopic (exact) mass is 518 g/mol. The Hall–Kier alpha value is -4.23. The summed E-state index contributed by atoms with van der Waals surface area (Å²) >= 11 is 6.58. The molecular weight excluding hydrogens is 492 g/mol. The standard InChI is InChI=1S/C29H27ClN2O5/c1-4-36-27-13-19(17-31-32-29(33)22-14-23(34-2)16-24(15-22)35-3)12-26(30)28(27)37-18-21-10-7-9-20-8-5-6-11-25(20)21/h5-17H,4,18H2,1-3H3,(H,32,33)/b31-17-. The van der Waals surface area contributed by atoms with Crippen LogP contribution < -0.4 is 24.4 Å². The highest BCUT2D eigenvalue weighted by Gasteiger charge is 2.14. The van der Waals surface area contributed by atoms with Crippen LogP contribution >= 0.6 is 11.6 Å². The lowest BCUT2D eigenvalue weighted by Crippen LogP contribution is -2.17. The third-order valence-corrected chi connectivity index (χ3v) is 5.86. The summed E-state index contributed by atoms with van der Waals surface area (Å²) in [4.78, 5) is 12.6. The number of nitrogens with one attached hydrogen (secondary N) is 1. The summed E-state index contributed by atoms with van der Waals surface area (Å²) in [5.74, 6) is 1.52. The molecule has 4 rings (SSSR count). The fourth-order valence-electron chi connectivity index (χ4n) is 3.80. The number of hydrogen-bond donors (Lipinski definition) is 1. The van der Waals surface area contributed by atoms with Gasteiger partial charge in [-0.05, 0) is 53.1 Å². The number of nitrogens with zero attached hydrogens (tertiary/aromatic N) is 1. The van der Waals surface area contributed by atoms with Gasteiger partial charge in [-0.3, -0.25) is 4.79 Å². The maximum Gasteiger partial charge on any atom is 0.271 e. The summed E-state index contributed by atoms with van der Waals surface area (Å²) in [7, 11) is 3.04. The van der Waals surface area contributed by atoms with Crippen molar-refractivity contribution in [1.82, 2.24) is 5.43 Å². The molecule has 0 aliphatic rings. The lowest BCUT2D eigenvalue weighted by atomic mass is 10.1. The number of rotatable bonds is 10. The Morgan fingerprint density at radius 3 is 2.41 bits per heavy atom. The third kappa shape index (κ3) is 6.32. The molecule has 0 atom stereocenters. The van der Waals surface area contributed by atoms with Gasteiger partial charge >= 0.3 is 0 Å². The number of ether oxygens (including phenoxy) is 4. The Morgan fingerprint density at radius 2 is 1.68 bits per heavy atom. The van der Waals surface area contributed by atoms with Gasteiger partial charge in [-0.25, -0.2) is 5.43 Å². The normalized spacial score (nSPS) is 10.9. The second-order valence-electron chi connectivity index (χ2n) is 7.99. The summed E-state index contributed by atoms with van der Waals surface area (Å²) in [6, 6.07) is 22.6. The zero-order valence-corrected chi connectivity index (χ0v) is 21.5. The summed E-state index contributed by atoms with van der Waals surface area (Å²) in [6.45, 7) is 2.64. The lowest BCUT2D eigenvalue weighted by molar-refractivity contribution is 0.0954. The molecule has 190 valence electrons. The van der Waals surface area contributed by atoms with Crippen molar-refractivity contribution in [3.63, 3.8) is 0 Å². The van der Waals surface area contributed by atoms with Crippen molar-refractivity contribution in [2.24, 2.45) is 5.10 Å². The number of benzene rings is 4. The maximum absolute atomic E-state index is 12.6. The smallest absolute Gasteiger partial charge is 0.271 e. The summed E-state index contributed by atoms with van der Waals surface area (Å²) in [5, 5.41) is 6.70. The van der Waals surface area contributed by atoms with Crippen molar-refractivity contribution in [1.29, 1.82) is 0 Å². The molecule has 0 unspecified atom stereocenters. The Bertz CT molecular complexity index is 1410. The first-order valence-corrected chi connectivity index (χ1v) is 12.0. The number of hydrazone groups is 1. The first kappa shape index (κ1) is 25.9. The fourth-order valence-corrected chi connectivity index (χ4v) is 4.08. The highest BCUT2D eigenvalue weighted by Crippen LogP contribution is 2.37. The van der Waals surface area contributed by atoms with E-state index in [1.807, 2.05) is 31.2 Å². The molecule has 0 saturated carbocycles. The van der Waals surface area contributed by atoms with E-state index in [9.17, 15) is 4.79 Å². The fraction of sp³-hybridized carbons (Fsp3) is 0.172. The molecule has 0 radical (unpaired) electrons. The van der Waals surface area contributed by atoms with Gasteiger partial charge in [0.1, 0.15) is 18.1 Å². The first-order valence-electron chi connectivity index (χ1n) is 11.6.